The van der Waals surface area contributed by atoms with Crippen LogP contribution in [0.1, 0.15) is 5.56 Å². The number of pyridine rings is 1. The van der Waals surface area contributed by atoms with Crippen molar-refractivity contribution in [1.82, 2.24) is 4.98 Å². The molecule has 0 bridgehead atoms. The minimum absolute atomic E-state index is 0.640. The van der Waals surface area contributed by atoms with E-state index in [1.54, 1.807) is 6.20 Å². The zero-order valence-electron chi connectivity index (χ0n) is 11.1. The first-order valence-electron chi connectivity index (χ1n) is 6.67. The number of ether oxygens (including phenoxy) is 1. The van der Waals surface area contributed by atoms with Crippen molar-refractivity contribution in [1.29, 1.82) is 0 Å². The lowest BCUT2D eigenvalue weighted by Crippen LogP contribution is -2.02. The lowest BCUT2D eigenvalue weighted by Gasteiger charge is -2.08. The molecule has 1 heterocycles. The third-order valence-electron chi connectivity index (χ3n) is 3.13. The molecule has 1 aromatic heterocycles. The van der Waals surface area contributed by atoms with Crippen LogP contribution in [0.15, 0.2) is 60.8 Å². The monoisotopic (exact) mass is 264 g/mol. The predicted molar refractivity (Wildman–Crippen MR) is 81.0 cm³/mol. The summed E-state index contributed by atoms with van der Waals surface area (Å²) in [5, 5.41) is 1.07. The highest BCUT2D eigenvalue weighted by Gasteiger charge is 2.01. The van der Waals surface area contributed by atoms with E-state index in [9.17, 15) is 0 Å². The molecule has 0 saturated carbocycles. The van der Waals surface area contributed by atoms with Crippen LogP contribution in [0, 0.1) is 0 Å². The van der Waals surface area contributed by atoms with Gasteiger partial charge in [-0.1, -0.05) is 30.3 Å². The molecule has 3 aromatic rings. The minimum Gasteiger partial charge on any atom is -0.456 e. The van der Waals surface area contributed by atoms with Gasteiger partial charge in [-0.3, -0.25) is 4.98 Å². The van der Waals surface area contributed by atoms with Crippen molar-refractivity contribution < 1.29 is 4.74 Å². The van der Waals surface area contributed by atoms with Gasteiger partial charge in [0.2, 0.25) is 0 Å². The number of hydrogen-bond donors (Lipinski definition) is 1. The Hall–Kier alpha value is -2.39. The van der Waals surface area contributed by atoms with Gasteiger partial charge in [-0.2, -0.15) is 0 Å². The molecule has 0 saturated heterocycles. The third-order valence-corrected chi connectivity index (χ3v) is 3.13. The Morgan fingerprint density at radius 1 is 0.950 bits per heavy atom. The quantitative estimate of drug-likeness (QED) is 0.784. The van der Waals surface area contributed by atoms with Crippen LogP contribution in [-0.4, -0.2) is 11.5 Å². The zero-order chi connectivity index (χ0) is 13.8. The highest BCUT2D eigenvalue weighted by Crippen LogP contribution is 2.24. The molecular formula is C17H16N2O. The van der Waals surface area contributed by atoms with Gasteiger partial charge in [0.15, 0.2) is 0 Å². The largest absolute Gasteiger partial charge is 0.456 e. The van der Waals surface area contributed by atoms with E-state index in [0.717, 1.165) is 28.8 Å². The molecule has 100 valence electrons. The summed E-state index contributed by atoms with van der Waals surface area (Å²) in [5.74, 6) is 1.56. The van der Waals surface area contributed by atoms with Crippen molar-refractivity contribution in [2.75, 3.05) is 6.54 Å². The Balaban J connectivity index is 1.87. The second-order valence-corrected chi connectivity index (χ2v) is 4.65. The molecule has 0 aliphatic heterocycles. The maximum Gasteiger partial charge on any atom is 0.146 e. The van der Waals surface area contributed by atoms with Gasteiger partial charge >= 0.3 is 0 Å². The Labute approximate surface area is 118 Å². The van der Waals surface area contributed by atoms with Gasteiger partial charge in [0.1, 0.15) is 11.5 Å². The predicted octanol–water partition coefficient (Wildman–Crippen LogP) is 3.53. The summed E-state index contributed by atoms with van der Waals surface area (Å²) in [4.78, 5) is 4.39. The fourth-order valence-electron chi connectivity index (χ4n) is 2.17. The van der Waals surface area contributed by atoms with Crippen LogP contribution in [0.5, 0.6) is 11.5 Å². The van der Waals surface area contributed by atoms with E-state index in [1.807, 2.05) is 48.5 Å². The Morgan fingerprint density at radius 2 is 1.85 bits per heavy atom. The van der Waals surface area contributed by atoms with Crippen LogP contribution < -0.4 is 10.5 Å². The van der Waals surface area contributed by atoms with Gasteiger partial charge in [-0.25, -0.2) is 0 Å². The Kier molecular flexibility index (Phi) is 3.61. The highest BCUT2D eigenvalue weighted by atomic mass is 16.5. The van der Waals surface area contributed by atoms with Gasteiger partial charge in [-0.15, -0.1) is 0 Å². The lowest BCUT2D eigenvalue weighted by atomic mass is 10.1. The van der Waals surface area contributed by atoms with E-state index in [-0.39, 0.29) is 0 Å². The maximum atomic E-state index is 5.87. The van der Waals surface area contributed by atoms with Gasteiger partial charge in [0, 0.05) is 5.39 Å². The molecule has 0 aliphatic carbocycles. The van der Waals surface area contributed by atoms with Crippen LogP contribution in [0.4, 0.5) is 0 Å². The van der Waals surface area contributed by atoms with E-state index in [4.69, 9.17) is 10.5 Å². The fraction of sp³-hybridized carbons (Fsp3) is 0.118. The number of nitrogens with zero attached hydrogens (tertiary/aromatic N) is 1. The molecule has 2 N–H and O–H groups in total. The fourth-order valence-corrected chi connectivity index (χ4v) is 2.17. The highest BCUT2D eigenvalue weighted by molar-refractivity contribution is 5.79. The summed E-state index contributed by atoms with van der Waals surface area (Å²) in [7, 11) is 0. The Morgan fingerprint density at radius 3 is 2.75 bits per heavy atom. The number of fused-ring (bicyclic) bond motifs is 1. The summed E-state index contributed by atoms with van der Waals surface area (Å²) in [6.45, 7) is 0.640. The topological polar surface area (TPSA) is 48.1 Å². The van der Waals surface area contributed by atoms with E-state index in [0.29, 0.717) is 6.54 Å². The second kappa shape index (κ2) is 5.72. The molecule has 3 rings (SSSR count). The van der Waals surface area contributed by atoms with Gasteiger partial charge in [0.25, 0.3) is 0 Å². The first-order chi connectivity index (χ1) is 9.85. The van der Waals surface area contributed by atoms with Crippen molar-refractivity contribution in [3.05, 3.63) is 66.4 Å². The average molecular weight is 264 g/mol. The first-order valence-corrected chi connectivity index (χ1v) is 6.67. The SMILES string of the molecule is NCCc1cccc(Oc2cnc3ccccc3c2)c1. The van der Waals surface area contributed by atoms with Crippen molar-refractivity contribution >= 4 is 10.9 Å². The van der Waals surface area contributed by atoms with Gasteiger partial charge in [-0.05, 0) is 42.8 Å². The number of aromatic nitrogens is 1. The average Bonchev–Trinajstić information content (AvgIpc) is 2.48. The third kappa shape index (κ3) is 2.78. The van der Waals surface area contributed by atoms with E-state index < -0.39 is 0 Å². The van der Waals surface area contributed by atoms with Crippen molar-refractivity contribution in [3.8, 4) is 11.5 Å². The van der Waals surface area contributed by atoms with Crippen molar-refractivity contribution in [2.45, 2.75) is 6.42 Å². The van der Waals surface area contributed by atoms with Crippen LogP contribution in [0.25, 0.3) is 10.9 Å². The molecular weight excluding hydrogens is 248 g/mol. The molecule has 3 nitrogen and oxygen atoms in total. The van der Waals surface area contributed by atoms with Crippen molar-refractivity contribution in [2.24, 2.45) is 5.73 Å². The summed E-state index contributed by atoms with van der Waals surface area (Å²) in [6.07, 6.45) is 2.60. The molecule has 0 aliphatic rings. The number of benzene rings is 2. The summed E-state index contributed by atoms with van der Waals surface area (Å²) in [5.41, 5.74) is 7.72. The summed E-state index contributed by atoms with van der Waals surface area (Å²) < 4.78 is 5.87. The normalized spacial score (nSPS) is 10.7. The maximum absolute atomic E-state index is 5.87. The van der Waals surface area contributed by atoms with Gasteiger partial charge in [0.05, 0.1) is 11.7 Å². The molecule has 0 radical (unpaired) electrons. The molecule has 0 amide bonds. The summed E-state index contributed by atoms with van der Waals surface area (Å²) >= 11 is 0. The summed E-state index contributed by atoms with van der Waals surface area (Å²) in [6, 6.07) is 18.0. The number of rotatable bonds is 4. The molecule has 0 unspecified atom stereocenters. The van der Waals surface area contributed by atoms with E-state index >= 15 is 0 Å². The molecule has 20 heavy (non-hydrogen) atoms. The zero-order valence-corrected chi connectivity index (χ0v) is 11.1. The second-order valence-electron chi connectivity index (χ2n) is 4.65. The molecule has 0 fully saturated rings. The van der Waals surface area contributed by atoms with Crippen LogP contribution in [0.3, 0.4) is 0 Å². The molecule has 2 aromatic carbocycles. The number of para-hydroxylation sites is 1. The minimum atomic E-state index is 0.640. The van der Waals surface area contributed by atoms with Crippen LogP contribution in [-0.2, 0) is 6.42 Å². The number of hydrogen-bond acceptors (Lipinski definition) is 3. The van der Waals surface area contributed by atoms with Gasteiger partial charge < -0.3 is 10.5 Å². The standard InChI is InChI=1S/C17H16N2O/c18-9-8-13-4-3-6-15(10-13)20-16-11-14-5-1-2-7-17(14)19-12-16/h1-7,10-12H,8-9,18H2. The van der Waals surface area contributed by atoms with Crippen LogP contribution in [0.2, 0.25) is 0 Å². The molecule has 3 heteroatoms. The number of nitrogens with two attached hydrogens (primary N) is 1. The Bertz CT molecular complexity index is 725. The van der Waals surface area contributed by atoms with E-state index in [2.05, 4.69) is 11.1 Å². The van der Waals surface area contributed by atoms with E-state index in [1.165, 1.54) is 5.56 Å². The lowest BCUT2D eigenvalue weighted by molar-refractivity contribution is 0.480. The molecule has 0 atom stereocenters. The van der Waals surface area contributed by atoms with Crippen molar-refractivity contribution in [3.63, 3.8) is 0 Å². The van der Waals surface area contributed by atoms with Crippen LogP contribution >= 0.6 is 0 Å². The smallest absolute Gasteiger partial charge is 0.146 e. The molecule has 0 spiro atoms. The first kappa shape index (κ1) is 12.6.